The van der Waals surface area contributed by atoms with Crippen LogP contribution in [-0.4, -0.2) is 42.9 Å². The molecule has 4 rings (SSSR count). The minimum Gasteiger partial charge on any atom is -0.492 e. The second-order valence-corrected chi connectivity index (χ2v) is 11.2. The molecule has 1 amide bonds. The van der Waals surface area contributed by atoms with Crippen LogP contribution < -0.4 is 9.54 Å². The number of aromatic nitrogens is 1. The molecule has 1 aromatic heterocycles. The zero-order valence-corrected chi connectivity index (χ0v) is 20.8. The van der Waals surface area contributed by atoms with Crippen LogP contribution >= 0.6 is 11.3 Å². The SMILES string of the molecule is CCOc1cccc2sc(=NC(=O)c3ccc(S(=O)(=O)N4CCC[C@H](C)C4)cc3)n(CC)c12. The van der Waals surface area contributed by atoms with Crippen molar-refractivity contribution in [2.75, 3.05) is 19.7 Å². The molecule has 33 heavy (non-hydrogen) atoms. The lowest BCUT2D eigenvalue weighted by molar-refractivity contribution is 0.0997. The predicted octanol–water partition coefficient (Wildman–Crippen LogP) is 4.28. The van der Waals surface area contributed by atoms with E-state index in [1.54, 1.807) is 16.4 Å². The molecule has 0 bridgehead atoms. The lowest BCUT2D eigenvalue weighted by Gasteiger charge is -2.30. The third-order valence-electron chi connectivity index (χ3n) is 5.84. The monoisotopic (exact) mass is 487 g/mol. The minimum atomic E-state index is -3.56. The third kappa shape index (κ3) is 4.76. The highest BCUT2D eigenvalue weighted by molar-refractivity contribution is 7.89. The van der Waals surface area contributed by atoms with Crippen molar-refractivity contribution >= 4 is 37.5 Å². The number of fused-ring (bicyclic) bond motifs is 1. The van der Waals surface area contributed by atoms with Gasteiger partial charge in [-0.3, -0.25) is 4.79 Å². The second-order valence-electron chi connectivity index (χ2n) is 8.22. The molecule has 1 atom stereocenters. The van der Waals surface area contributed by atoms with E-state index in [2.05, 4.69) is 11.9 Å². The van der Waals surface area contributed by atoms with Crippen LogP contribution in [0.25, 0.3) is 10.2 Å². The number of carbonyl (C=O) groups is 1. The van der Waals surface area contributed by atoms with Crippen LogP contribution in [0.1, 0.15) is 44.0 Å². The number of amides is 1. The topological polar surface area (TPSA) is 81.0 Å². The fourth-order valence-corrected chi connectivity index (χ4v) is 6.89. The summed E-state index contributed by atoms with van der Waals surface area (Å²) in [7, 11) is -3.56. The van der Waals surface area contributed by atoms with E-state index in [0.717, 1.165) is 28.8 Å². The first-order valence-electron chi connectivity index (χ1n) is 11.3. The van der Waals surface area contributed by atoms with Crippen molar-refractivity contribution in [3.63, 3.8) is 0 Å². The van der Waals surface area contributed by atoms with Crippen molar-refractivity contribution in [2.45, 2.75) is 45.1 Å². The number of ether oxygens (including phenoxy) is 1. The first-order valence-corrected chi connectivity index (χ1v) is 13.5. The third-order valence-corrected chi connectivity index (χ3v) is 8.76. The number of carbonyl (C=O) groups excluding carboxylic acids is 1. The molecule has 1 saturated heterocycles. The summed E-state index contributed by atoms with van der Waals surface area (Å²) >= 11 is 1.43. The summed E-state index contributed by atoms with van der Waals surface area (Å²) in [5, 5.41) is 0. The quantitative estimate of drug-likeness (QED) is 0.520. The smallest absolute Gasteiger partial charge is 0.279 e. The second kappa shape index (κ2) is 9.79. The lowest BCUT2D eigenvalue weighted by Crippen LogP contribution is -2.39. The molecule has 2 heterocycles. The highest BCUT2D eigenvalue weighted by Gasteiger charge is 2.28. The van der Waals surface area contributed by atoms with E-state index in [1.807, 2.05) is 36.6 Å². The van der Waals surface area contributed by atoms with Crippen molar-refractivity contribution in [1.29, 1.82) is 0 Å². The average Bonchev–Trinajstić information content (AvgIpc) is 3.17. The largest absolute Gasteiger partial charge is 0.492 e. The van der Waals surface area contributed by atoms with Crippen molar-refractivity contribution in [1.82, 2.24) is 8.87 Å². The van der Waals surface area contributed by atoms with Crippen molar-refractivity contribution in [2.24, 2.45) is 10.9 Å². The summed E-state index contributed by atoms with van der Waals surface area (Å²) in [6, 6.07) is 11.9. The first kappa shape index (κ1) is 23.7. The Kier molecular flexibility index (Phi) is 7.02. The summed E-state index contributed by atoms with van der Waals surface area (Å²) in [6.45, 7) is 8.27. The Labute approximate surface area is 198 Å². The van der Waals surface area contributed by atoms with Crippen LogP contribution in [0.5, 0.6) is 5.75 Å². The molecule has 7 nitrogen and oxygen atoms in total. The van der Waals surface area contributed by atoms with Gasteiger partial charge in [0.15, 0.2) is 4.80 Å². The maximum Gasteiger partial charge on any atom is 0.279 e. The van der Waals surface area contributed by atoms with Gasteiger partial charge in [-0.2, -0.15) is 9.30 Å². The van der Waals surface area contributed by atoms with Crippen LogP contribution in [0.3, 0.4) is 0 Å². The summed E-state index contributed by atoms with van der Waals surface area (Å²) < 4.78 is 36.2. The molecule has 1 fully saturated rings. The van der Waals surface area contributed by atoms with Gasteiger partial charge >= 0.3 is 0 Å². The van der Waals surface area contributed by atoms with Crippen LogP contribution in [0, 0.1) is 5.92 Å². The summed E-state index contributed by atoms with van der Waals surface area (Å²) in [4.78, 5) is 18.1. The van der Waals surface area contributed by atoms with Crippen LogP contribution in [0.15, 0.2) is 52.4 Å². The molecule has 1 aliphatic heterocycles. The number of aryl methyl sites for hydroxylation is 1. The molecule has 0 N–H and O–H groups in total. The van der Waals surface area contributed by atoms with Gasteiger partial charge in [-0.25, -0.2) is 8.42 Å². The standard InChI is InChI=1S/C24H29N3O4S2/c1-4-27-22-20(31-5-2)9-6-10-21(22)32-24(27)25-23(28)18-11-13-19(14-12-18)33(29,30)26-15-7-8-17(3)16-26/h6,9-14,17H,4-5,7-8,15-16H2,1-3H3/t17-/m0/s1. The first-order chi connectivity index (χ1) is 15.8. The Balaban J connectivity index is 1.64. The maximum atomic E-state index is 13.0. The van der Waals surface area contributed by atoms with E-state index in [9.17, 15) is 13.2 Å². The molecule has 0 aliphatic carbocycles. The Bertz CT molecular complexity index is 1320. The molecule has 9 heteroatoms. The van der Waals surface area contributed by atoms with Gasteiger partial charge in [0.2, 0.25) is 10.0 Å². The molecular weight excluding hydrogens is 458 g/mol. The molecule has 2 aromatic carbocycles. The molecule has 0 radical (unpaired) electrons. The van der Waals surface area contributed by atoms with Gasteiger partial charge in [-0.1, -0.05) is 24.3 Å². The zero-order chi connectivity index (χ0) is 23.6. The fraction of sp³-hybridized carbons (Fsp3) is 0.417. The number of sulfonamides is 1. The Morgan fingerprint density at radius 1 is 1.18 bits per heavy atom. The van der Waals surface area contributed by atoms with E-state index < -0.39 is 15.9 Å². The Morgan fingerprint density at radius 2 is 1.94 bits per heavy atom. The minimum absolute atomic E-state index is 0.208. The molecule has 0 spiro atoms. The van der Waals surface area contributed by atoms with Gasteiger partial charge in [0.1, 0.15) is 11.3 Å². The van der Waals surface area contributed by atoms with Gasteiger partial charge < -0.3 is 9.30 Å². The zero-order valence-electron chi connectivity index (χ0n) is 19.2. The van der Waals surface area contributed by atoms with Gasteiger partial charge in [-0.05, 0) is 69.0 Å². The molecule has 0 saturated carbocycles. The average molecular weight is 488 g/mol. The number of hydrogen-bond donors (Lipinski definition) is 0. The van der Waals surface area contributed by atoms with Gasteiger partial charge in [0, 0.05) is 25.2 Å². The Hall–Kier alpha value is -2.49. The van der Waals surface area contributed by atoms with Crippen LogP contribution in [0.4, 0.5) is 0 Å². The summed E-state index contributed by atoms with van der Waals surface area (Å²) in [5.74, 6) is 0.712. The number of nitrogens with zero attached hydrogens (tertiary/aromatic N) is 3. The van der Waals surface area contributed by atoms with Crippen LogP contribution in [0.2, 0.25) is 0 Å². The summed E-state index contributed by atoms with van der Waals surface area (Å²) in [5.41, 5.74) is 1.28. The van der Waals surface area contributed by atoms with E-state index >= 15 is 0 Å². The molecule has 1 aliphatic rings. The number of para-hydroxylation sites is 1. The van der Waals surface area contributed by atoms with Gasteiger partial charge in [-0.15, -0.1) is 0 Å². The molecule has 176 valence electrons. The lowest BCUT2D eigenvalue weighted by atomic mass is 10.0. The van der Waals surface area contributed by atoms with E-state index in [4.69, 9.17) is 4.74 Å². The number of hydrogen-bond acceptors (Lipinski definition) is 5. The van der Waals surface area contributed by atoms with Crippen molar-refractivity contribution in [3.05, 3.63) is 52.8 Å². The normalized spacial score (nSPS) is 18.0. The van der Waals surface area contributed by atoms with Crippen molar-refractivity contribution in [3.8, 4) is 5.75 Å². The number of thiazole rings is 1. The van der Waals surface area contributed by atoms with Crippen molar-refractivity contribution < 1.29 is 17.9 Å². The maximum absolute atomic E-state index is 13.0. The van der Waals surface area contributed by atoms with E-state index in [-0.39, 0.29) is 4.90 Å². The number of rotatable bonds is 6. The van der Waals surface area contributed by atoms with Gasteiger partial charge in [0.05, 0.1) is 16.2 Å². The van der Waals surface area contributed by atoms with E-state index in [1.165, 1.54) is 23.5 Å². The molecule has 0 unspecified atom stereocenters. The number of benzene rings is 2. The molecular formula is C24H29N3O4S2. The summed E-state index contributed by atoms with van der Waals surface area (Å²) in [6.07, 6.45) is 1.91. The Morgan fingerprint density at radius 3 is 2.61 bits per heavy atom. The fourth-order valence-electron chi connectivity index (χ4n) is 4.18. The highest BCUT2D eigenvalue weighted by atomic mass is 32.2. The number of piperidine rings is 1. The van der Waals surface area contributed by atoms with Gasteiger partial charge in [0.25, 0.3) is 5.91 Å². The molecule has 3 aromatic rings. The highest BCUT2D eigenvalue weighted by Crippen LogP contribution is 2.28. The van der Waals surface area contributed by atoms with E-state index in [0.29, 0.717) is 42.5 Å². The predicted molar refractivity (Wildman–Crippen MR) is 130 cm³/mol. The van der Waals surface area contributed by atoms with Crippen LogP contribution in [-0.2, 0) is 16.6 Å².